The summed E-state index contributed by atoms with van der Waals surface area (Å²) >= 11 is 0. The highest BCUT2D eigenvalue weighted by atomic mass is 16.7. The maximum atomic E-state index is 14.4. The highest BCUT2D eigenvalue weighted by molar-refractivity contribution is 5.79. The molecule has 4 aliphatic heterocycles. The zero-order chi connectivity index (χ0) is 40.0. The van der Waals surface area contributed by atoms with Gasteiger partial charge in [-0.05, 0) is 80.7 Å². The highest BCUT2D eigenvalue weighted by Crippen LogP contribution is 2.47. The van der Waals surface area contributed by atoms with Crippen molar-refractivity contribution in [2.45, 2.75) is 212 Å². The number of nitrogens with zero attached hydrogens (tertiary/aromatic N) is 1. The summed E-state index contributed by atoms with van der Waals surface area (Å²) in [6, 6.07) is -0.806. The molecule has 0 spiro atoms. The van der Waals surface area contributed by atoms with E-state index in [1.54, 1.807) is 27.9 Å². The molecule has 13 nitrogen and oxygen atoms in total. The first-order chi connectivity index (χ1) is 24.5. The summed E-state index contributed by atoms with van der Waals surface area (Å²) in [5.74, 6) is -2.26. The molecule has 1 unspecified atom stereocenters. The summed E-state index contributed by atoms with van der Waals surface area (Å²) in [6.07, 6.45) is -5.40. The topological polar surface area (TPSA) is 169 Å². The fourth-order valence-corrected chi connectivity index (χ4v) is 9.75. The fraction of sp³-hybridized carbons (Fsp3) is 0.975. The average Bonchev–Trinajstić information content (AvgIpc) is 3.41. The largest absolute Gasteiger partial charge is 0.390 e. The molecule has 0 aromatic rings. The van der Waals surface area contributed by atoms with Crippen LogP contribution in [0.5, 0.6) is 0 Å². The molecule has 19 atom stereocenters. The van der Waals surface area contributed by atoms with Gasteiger partial charge in [-0.3, -0.25) is 9.69 Å². The maximum absolute atomic E-state index is 14.4. The summed E-state index contributed by atoms with van der Waals surface area (Å²) < 4.78 is 39.3. The van der Waals surface area contributed by atoms with E-state index in [9.17, 15) is 25.2 Å². The van der Waals surface area contributed by atoms with Crippen molar-refractivity contribution >= 4 is 5.91 Å². The molecule has 4 rings (SSSR count). The van der Waals surface area contributed by atoms with E-state index in [4.69, 9.17) is 28.4 Å². The zero-order valence-electron chi connectivity index (χ0n) is 34.9. The van der Waals surface area contributed by atoms with Crippen LogP contribution in [0.3, 0.4) is 0 Å². The zero-order valence-corrected chi connectivity index (χ0v) is 34.9. The molecule has 53 heavy (non-hydrogen) atoms. The van der Waals surface area contributed by atoms with E-state index in [1.165, 1.54) is 0 Å². The summed E-state index contributed by atoms with van der Waals surface area (Å²) in [7, 11) is 3.54. The molecule has 13 heteroatoms. The van der Waals surface area contributed by atoms with Crippen LogP contribution in [-0.4, -0.2) is 142 Å². The van der Waals surface area contributed by atoms with E-state index in [1.807, 2.05) is 48.6 Å². The third kappa shape index (κ3) is 9.11. The predicted molar refractivity (Wildman–Crippen MR) is 200 cm³/mol. The van der Waals surface area contributed by atoms with Crippen molar-refractivity contribution in [3.05, 3.63) is 0 Å². The van der Waals surface area contributed by atoms with Gasteiger partial charge in [-0.25, -0.2) is 0 Å². The van der Waals surface area contributed by atoms with Crippen molar-refractivity contribution in [3.63, 3.8) is 0 Å². The molecule has 310 valence electrons. The smallest absolute Gasteiger partial charge is 0.225 e. The van der Waals surface area contributed by atoms with Gasteiger partial charge in [0.1, 0.15) is 17.8 Å². The lowest BCUT2D eigenvalue weighted by atomic mass is 9.75. The predicted octanol–water partition coefficient (Wildman–Crippen LogP) is 3.36. The van der Waals surface area contributed by atoms with Crippen molar-refractivity contribution in [3.8, 4) is 0 Å². The Morgan fingerprint density at radius 2 is 1.60 bits per heavy atom. The molecule has 0 radical (unpaired) electrons. The van der Waals surface area contributed by atoms with Crippen molar-refractivity contribution in [1.29, 1.82) is 0 Å². The van der Waals surface area contributed by atoms with Crippen molar-refractivity contribution in [1.82, 2.24) is 10.2 Å². The Balaban J connectivity index is 1.85. The molecule has 2 bridgehead atoms. The maximum Gasteiger partial charge on any atom is 0.225 e. The molecule has 0 aliphatic carbocycles. The van der Waals surface area contributed by atoms with E-state index in [2.05, 4.69) is 31.0 Å². The van der Waals surface area contributed by atoms with Gasteiger partial charge in [0.05, 0.1) is 59.8 Å². The number of carbonyl (C=O) groups is 1. The second kappa shape index (κ2) is 17.3. The molecule has 4 aliphatic rings. The molecule has 0 aromatic heterocycles. The van der Waals surface area contributed by atoms with Gasteiger partial charge in [0.25, 0.3) is 0 Å². The highest BCUT2D eigenvalue weighted by Gasteiger charge is 2.58. The number of carbonyl (C=O) groups excluding carboxylic acids is 1. The number of likely N-dealkylation sites (N-methyl/N-ethyl adjacent to an activating group) is 1. The van der Waals surface area contributed by atoms with Gasteiger partial charge in [-0.2, -0.15) is 0 Å². The first-order valence-electron chi connectivity index (χ1n) is 20.2. The standard InChI is InChI=1S/C40H74N2O11/c1-15-16-28-40(12,47)33(44)23(6)31-21(4)18-39(11,53-31)35(52-37-30(43)27(17-22(5)49-37)42(13)20(2)3)24(7)32(25(8)36(46)41-28)51-29-19-38(10,48-14)34(45)26(9)50-29/h20-35,37,43-45,47H,15-19H2,1-14H3,(H,41,46)/t21-,22-,23-,24+,25-,26+,27+,28+,29+,30-,31-,32+,33-,34?,35-,37+,38-,39-,40-/m1/s1. The number of ether oxygens (including phenoxy) is 6. The molecular weight excluding hydrogens is 684 g/mol. The number of amides is 1. The van der Waals surface area contributed by atoms with Crippen LogP contribution in [0.15, 0.2) is 0 Å². The number of aliphatic hydroxyl groups is 4. The van der Waals surface area contributed by atoms with E-state index >= 15 is 0 Å². The Kier molecular flexibility index (Phi) is 14.6. The molecule has 1 amide bonds. The first kappa shape index (κ1) is 44.7. The van der Waals surface area contributed by atoms with Gasteiger partial charge in [-0.1, -0.05) is 41.0 Å². The lowest BCUT2D eigenvalue weighted by Gasteiger charge is -2.49. The van der Waals surface area contributed by atoms with Gasteiger partial charge in [-0.15, -0.1) is 0 Å². The average molecular weight is 759 g/mol. The lowest BCUT2D eigenvalue weighted by Crippen LogP contribution is -2.62. The van der Waals surface area contributed by atoms with Crippen LogP contribution in [0.1, 0.15) is 115 Å². The van der Waals surface area contributed by atoms with E-state index in [0.29, 0.717) is 25.7 Å². The molecule has 0 saturated carbocycles. The van der Waals surface area contributed by atoms with Crippen LogP contribution in [0, 0.1) is 23.7 Å². The van der Waals surface area contributed by atoms with Crippen LogP contribution in [-0.2, 0) is 33.2 Å². The van der Waals surface area contributed by atoms with Crippen molar-refractivity contribution in [2.24, 2.45) is 23.7 Å². The number of nitrogens with one attached hydrogen (secondary N) is 1. The second-order valence-corrected chi connectivity index (χ2v) is 18.1. The monoisotopic (exact) mass is 759 g/mol. The minimum atomic E-state index is -1.68. The summed E-state index contributed by atoms with van der Waals surface area (Å²) in [4.78, 5) is 16.5. The molecule has 5 N–H and O–H groups in total. The summed E-state index contributed by atoms with van der Waals surface area (Å²) in [6.45, 7) is 23.0. The van der Waals surface area contributed by atoms with Crippen LogP contribution in [0.4, 0.5) is 0 Å². The Morgan fingerprint density at radius 1 is 0.962 bits per heavy atom. The first-order valence-corrected chi connectivity index (χ1v) is 20.2. The Bertz CT molecular complexity index is 1210. The third-order valence-electron chi connectivity index (χ3n) is 13.4. The number of hydrogen-bond donors (Lipinski definition) is 5. The van der Waals surface area contributed by atoms with E-state index in [-0.39, 0.29) is 36.4 Å². The van der Waals surface area contributed by atoms with Crippen molar-refractivity contribution in [2.75, 3.05) is 14.2 Å². The Hall–Kier alpha value is -0.970. The molecule has 0 aromatic carbocycles. The SMILES string of the molecule is CCC[C@@H]1NC(=O)[C@H](C)[C@@H](O[C@H]2C[C@@](C)(OC)C(O)[C@H](C)O2)[C@H](C)[C@@H](O[C@@H]2O[C@H](C)C[C@H](N(C)C(C)C)[C@H]2O)[C@@]2(C)C[C@@H](C)[C@@H](O2)[C@@H](C)[C@@H](O)[C@]1(C)O. The van der Waals surface area contributed by atoms with Crippen LogP contribution < -0.4 is 5.32 Å². The lowest BCUT2D eigenvalue weighted by molar-refractivity contribution is -0.319. The van der Waals surface area contributed by atoms with Gasteiger partial charge >= 0.3 is 0 Å². The Morgan fingerprint density at radius 3 is 2.19 bits per heavy atom. The quantitative estimate of drug-likeness (QED) is 0.233. The van der Waals surface area contributed by atoms with Gasteiger partial charge in [0, 0.05) is 37.5 Å². The number of methoxy groups -OCH3 is 1. The van der Waals surface area contributed by atoms with Crippen LogP contribution in [0.2, 0.25) is 0 Å². The number of aliphatic hydroxyl groups excluding tert-OH is 3. The van der Waals surface area contributed by atoms with E-state index in [0.717, 1.165) is 0 Å². The molecule has 4 saturated heterocycles. The van der Waals surface area contributed by atoms with Gasteiger partial charge < -0.3 is 54.2 Å². The number of fused-ring (bicyclic) bond motifs is 2. The fourth-order valence-electron chi connectivity index (χ4n) is 9.75. The second-order valence-electron chi connectivity index (χ2n) is 18.1. The minimum Gasteiger partial charge on any atom is -0.390 e. The van der Waals surface area contributed by atoms with E-state index < -0.39 is 95.9 Å². The third-order valence-corrected chi connectivity index (χ3v) is 13.4. The number of rotatable bonds is 9. The number of hydrogen-bond acceptors (Lipinski definition) is 12. The molecule has 4 fully saturated rings. The summed E-state index contributed by atoms with van der Waals surface area (Å²) in [5.41, 5.74) is -3.63. The molecular formula is C40H74N2O11. The minimum absolute atomic E-state index is 0.0416. The van der Waals surface area contributed by atoms with Crippen LogP contribution >= 0.6 is 0 Å². The molecule has 4 heterocycles. The summed E-state index contributed by atoms with van der Waals surface area (Å²) in [5, 5.41) is 49.8. The van der Waals surface area contributed by atoms with Crippen LogP contribution in [0.25, 0.3) is 0 Å². The normalized spacial score (nSPS) is 50.4. The van der Waals surface area contributed by atoms with Gasteiger partial charge in [0.2, 0.25) is 5.91 Å². The Labute approximate surface area is 318 Å². The van der Waals surface area contributed by atoms with Gasteiger partial charge in [0.15, 0.2) is 12.6 Å². The van der Waals surface area contributed by atoms with Crippen molar-refractivity contribution < 1.29 is 53.6 Å².